The van der Waals surface area contributed by atoms with Gasteiger partial charge in [-0.1, -0.05) is 13.3 Å². The molecule has 10 heteroatoms. The Morgan fingerprint density at radius 1 is 0.882 bits per heavy atom. The number of hydrogen-bond acceptors (Lipinski definition) is 8. The van der Waals surface area contributed by atoms with Crippen molar-refractivity contribution < 1.29 is 28.5 Å². The molecule has 1 heterocycles. The molecule has 2 aromatic carbocycles. The molecule has 0 spiro atoms. The minimum Gasteiger partial charge on any atom is -0.493 e. The maximum absolute atomic E-state index is 12.6. The summed E-state index contributed by atoms with van der Waals surface area (Å²) in [4.78, 5) is 29.2. The summed E-state index contributed by atoms with van der Waals surface area (Å²) < 4.78 is 22.1. The topological polar surface area (TPSA) is 108 Å². The van der Waals surface area contributed by atoms with Crippen LogP contribution in [0.1, 0.15) is 46.2 Å². The first kappa shape index (κ1) is 24.8. The second-order valence-electron chi connectivity index (χ2n) is 7.11. The molecule has 2 N–H and O–H groups in total. The Hall–Kier alpha value is -3.79. The van der Waals surface area contributed by atoms with E-state index in [0.29, 0.717) is 35.2 Å². The zero-order chi connectivity index (χ0) is 24.3. The summed E-state index contributed by atoms with van der Waals surface area (Å²) >= 11 is 1.48. The number of amides is 2. The van der Waals surface area contributed by atoms with E-state index in [9.17, 15) is 9.59 Å². The molecule has 0 atom stereocenters. The van der Waals surface area contributed by atoms with Gasteiger partial charge in [0.1, 0.15) is 6.61 Å². The summed E-state index contributed by atoms with van der Waals surface area (Å²) in [5.41, 5.74) is 7.92. The van der Waals surface area contributed by atoms with E-state index in [1.165, 1.54) is 31.6 Å². The largest absolute Gasteiger partial charge is 0.493 e. The van der Waals surface area contributed by atoms with Gasteiger partial charge in [0, 0.05) is 16.5 Å². The number of hydrazine groups is 1. The van der Waals surface area contributed by atoms with Crippen LogP contribution in [0.3, 0.4) is 0 Å². The number of hydrogen-bond donors (Lipinski definition) is 2. The molecule has 0 fully saturated rings. The molecule has 2 amide bonds. The van der Waals surface area contributed by atoms with E-state index in [-0.39, 0.29) is 12.2 Å². The fourth-order valence-corrected chi connectivity index (χ4v) is 3.44. The van der Waals surface area contributed by atoms with Crippen molar-refractivity contribution in [2.24, 2.45) is 0 Å². The highest BCUT2D eigenvalue weighted by atomic mass is 32.1. The van der Waals surface area contributed by atoms with Gasteiger partial charge in [0.15, 0.2) is 23.0 Å². The van der Waals surface area contributed by atoms with Crippen LogP contribution in [0.4, 0.5) is 0 Å². The minimum atomic E-state index is -0.510. The van der Waals surface area contributed by atoms with Crippen molar-refractivity contribution in [1.82, 2.24) is 15.8 Å². The molecule has 0 radical (unpaired) electrons. The maximum atomic E-state index is 12.6. The molecule has 180 valence electrons. The van der Waals surface area contributed by atoms with Gasteiger partial charge >= 0.3 is 0 Å². The molecule has 0 aliphatic carbocycles. The lowest BCUT2D eigenvalue weighted by molar-refractivity contribution is 0.0846. The highest BCUT2D eigenvalue weighted by Crippen LogP contribution is 2.29. The number of thiazole rings is 1. The molecule has 3 aromatic rings. The van der Waals surface area contributed by atoms with Crippen molar-refractivity contribution >= 4 is 23.2 Å². The molecule has 0 aliphatic rings. The zero-order valence-electron chi connectivity index (χ0n) is 19.3. The van der Waals surface area contributed by atoms with Gasteiger partial charge in [0.2, 0.25) is 0 Å². The molecule has 1 aromatic heterocycles. The molecular weight excluding hydrogens is 458 g/mol. The highest BCUT2D eigenvalue weighted by molar-refractivity contribution is 7.07. The number of carbonyl (C=O) groups is 2. The normalized spacial score (nSPS) is 10.3. The van der Waals surface area contributed by atoms with E-state index in [2.05, 4.69) is 22.8 Å². The molecule has 3 rings (SSSR count). The second-order valence-corrected chi connectivity index (χ2v) is 7.83. The molecule has 9 nitrogen and oxygen atoms in total. The van der Waals surface area contributed by atoms with Crippen LogP contribution in [0.5, 0.6) is 23.0 Å². The van der Waals surface area contributed by atoms with Crippen LogP contribution in [-0.2, 0) is 6.61 Å². The van der Waals surface area contributed by atoms with E-state index in [0.717, 1.165) is 18.5 Å². The number of ether oxygens (including phenoxy) is 4. The number of aromatic nitrogens is 1. The monoisotopic (exact) mass is 485 g/mol. The summed E-state index contributed by atoms with van der Waals surface area (Å²) in [5.74, 6) is 0.849. The molecule has 0 unspecified atom stereocenters. The Kier molecular flexibility index (Phi) is 9.10. The van der Waals surface area contributed by atoms with Crippen molar-refractivity contribution in [2.45, 2.75) is 26.4 Å². The number of carbonyl (C=O) groups excluding carboxylic acids is 2. The fraction of sp³-hybridized carbons (Fsp3) is 0.292. The highest BCUT2D eigenvalue weighted by Gasteiger charge is 2.15. The summed E-state index contributed by atoms with van der Waals surface area (Å²) in [6, 6.07) is 9.56. The van der Waals surface area contributed by atoms with Gasteiger partial charge < -0.3 is 18.9 Å². The van der Waals surface area contributed by atoms with E-state index in [1.54, 1.807) is 35.8 Å². The first-order valence-corrected chi connectivity index (χ1v) is 11.6. The standard InChI is InChI=1S/C24H27N3O6S/c1-4-5-10-32-19-8-6-16(11-21(19)30-2)23(28)26-27-24(29)17-7-9-20(22(12-17)31-3)33-13-18-14-34-15-25-18/h6-9,11-12,14-15H,4-5,10,13H2,1-3H3,(H,26,28)(H,27,29). The van der Waals surface area contributed by atoms with Crippen LogP contribution in [0.15, 0.2) is 47.3 Å². The van der Waals surface area contributed by atoms with E-state index < -0.39 is 11.8 Å². The summed E-state index contributed by atoms with van der Waals surface area (Å²) in [5, 5.41) is 1.89. The summed E-state index contributed by atoms with van der Waals surface area (Å²) in [6.07, 6.45) is 1.93. The average Bonchev–Trinajstić information content (AvgIpc) is 3.39. The van der Waals surface area contributed by atoms with Crippen molar-refractivity contribution in [3.8, 4) is 23.0 Å². The number of nitrogens with zero attached hydrogens (tertiary/aromatic N) is 1. The van der Waals surface area contributed by atoms with Crippen molar-refractivity contribution in [2.75, 3.05) is 20.8 Å². The average molecular weight is 486 g/mol. The lowest BCUT2D eigenvalue weighted by atomic mass is 10.2. The van der Waals surface area contributed by atoms with E-state index >= 15 is 0 Å². The Bertz CT molecular complexity index is 1100. The van der Waals surface area contributed by atoms with Gasteiger partial charge in [0.25, 0.3) is 11.8 Å². The van der Waals surface area contributed by atoms with Crippen LogP contribution in [0.25, 0.3) is 0 Å². The first-order valence-electron chi connectivity index (χ1n) is 10.6. The molecule has 0 saturated heterocycles. The predicted octanol–water partition coefficient (Wildman–Crippen LogP) is 3.99. The molecular formula is C24H27N3O6S. The first-order chi connectivity index (χ1) is 16.5. The number of benzene rings is 2. The van der Waals surface area contributed by atoms with Crippen molar-refractivity contribution in [3.05, 3.63) is 64.1 Å². The molecule has 0 bridgehead atoms. The van der Waals surface area contributed by atoms with E-state index in [1.807, 2.05) is 5.38 Å². The van der Waals surface area contributed by atoms with Gasteiger partial charge in [-0.25, -0.2) is 4.98 Å². The van der Waals surface area contributed by atoms with Crippen LogP contribution >= 0.6 is 11.3 Å². The minimum absolute atomic E-state index is 0.285. The summed E-state index contributed by atoms with van der Waals surface area (Å²) in [6.45, 7) is 2.92. The molecule has 0 saturated carbocycles. The fourth-order valence-electron chi connectivity index (χ4n) is 2.90. The maximum Gasteiger partial charge on any atom is 0.269 e. The van der Waals surface area contributed by atoms with Gasteiger partial charge in [-0.05, 0) is 42.8 Å². The van der Waals surface area contributed by atoms with Gasteiger partial charge in [-0.15, -0.1) is 11.3 Å². The lowest BCUT2D eigenvalue weighted by Gasteiger charge is -2.13. The Morgan fingerprint density at radius 2 is 1.47 bits per heavy atom. The third-order valence-electron chi connectivity index (χ3n) is 4.76. The van der Waals surface area contributed by atoms with Crippen LogP contribution in [-0.4, -0.2) is 37.6 Å². The van der Waals surface area contributed by atoms with Crippen LogP contribution in [0, 0.1) is 0 Å². The molecule has 0 aliphatic heterocycles. The molecule has 34 heavy (non-hydrogen) atoms. The quantitative estimate of drug-likeness (QED) is 0.312. The predicted molar refractivity (Wildman–Crippen MR) is 128 cm³/mol. The van der Waals surface area contributed by atoms with Crippen LogP contribution < -0.4 is 29.8 Å². The zero-order valence-corrected chi connectivity index (χ0v) is 20.1. The summed E-state index contributed by atoms with van der Waals surface area (Å²) in [7, 11) is 2.99. The van der Waals surface area contributed by atoms with Gasteiger partial charge in [-0.2, -0.15) is 0 Å². The Morgan fingerprint density at radius 3 is 1.97 bits per heavy atom. The van der Waals surface area contributed by atoms with Crippen molar-refractivity contribution in [3.63, 3.8) is 0 Å². The van der Waals surface area contributed by atoms with Gasteiger partial charge in [0.05, 0.1) is 32.0 Å². The second kappa shape index (κ2) is 12.4. The SMILES string of the molecule is CCCCOc1ccc(C(=O)NNC(=O)c2ccc(OCc3cscn3)c(OC)c2)cc1OC. The number of methoxy groups -OCH3 is 2. The Labute approximate surface area is 202 Å². The number of rotatable bonds is 11. The van der Waals surface area contributed by atoms with Crippen molar-refractivity contribution in [1.29, 1.82) is 0 Å². The van der Waals surface area contributed by atoms with E-state index in [4.69, 9.17) is 18.9 Å². The third-order valence-corrected chi connectivity index (χ3v) is 5.39. The Balaban J connectivity index is 1.59. The number of nitrogens with one attached hydrogen (secondary N) is 2. The van der Waals surface area contributed by atoms with Crippen LogP contribution in [0.2, 0.25) is 0 Å². The number of unbranched alkanes of at least 4 members (excludes halogenated alkanes) is 1. The smallest absolute Gasteiger partial charge is 0.269 e. The van der Waals surface area contributed by atoms with Gasteiger partial charge in [-0.3, -0.25) is 20.4 Å². The lowest BCUT2D eigenvalue weighted by Crippen LogP contribution is -2.41. The third kappa shape index (κ3) is 6.61.